The van der Waals surface area contributed by atoms with Crippen molar-refractivity contribution in [3.8, 4) is 0 Å². The van der Waals surface area contributed by atoms with Gasteiger partial charge < -0.3 is 4.74 Å². The topological polar surface area (TPSA) is 49.9 Å². The van der Waals surface area contributed by atoms with Crippen LogP contribution in [0.25, 0.3) is 0 Å². The average molecular weight is 356 g/mol. The Labute approximate surface area is 143 Å². The Hall–Kier alpha value is -1.02. The van der Waals surface area contributed by atoms with Gasteiger partial charge in [-0.2, -0.15) is 4.31 Å². The summed E-state index contributed by atoms with van der Waals surface area (Å²) in [7, 11) is -3.27. The molecule has 2 aliphatic heterocycles. The van der Waals surface area contributed by atoms with Crippen LogP contribution in [0.2, 0.25) is 0 Å². The first kappa shape index (κ1) is 17.8. The highest BCUT2D eigenvalue weighted by Gasteiger charge is 2.32. The standard InChI is InChI=1S/C17H25FN2O3S/c1-14(15-4-2-5-16(18)12-15)19-7-9-20(10-8-19)24(21,22)13-17-6-3-11-23-17/h2,4-5,12,14,17H,3,6-11,13H2,1H3/t14-,17-/m0/s1. The van der Waals surface area contributed by atoms with E-state index in [1.54, 1.807) is 16.4 Å². The van der Waals surface area contributed by atoms with Crippen LogP contribution in [-0.2, 0) is 14.8 Å². The van der Waals surface area contributed by atoms with E-state index in [1.807, 2.05) is 13.0 Å². The molecule has 2 saturated heterocycles. The molecule has 0 unspecified atom stereocenters. The Kier molecular flexibility index (Phi) is 5.54. The lowest BCUT2D eigenvalue weighted by Crippen LogP contribution is -2.50. The smallest absolute Gasteiger partial charge is 0.216 e. The number of halogens is 1. The number of piperazine rings is 1. The van der Waals surface area contributed by atoms with Crippen LogP contribution in [0.3, 0.4) is 0 Å². The zero-order valence-corrected chi connectivity index (χ0v) is 14.8. The van der Waals surface area contributed by atoms with Gasteiger partial charge in [0.25, 0.3) is 0 Å². The van der Waals surface area contributed by atoms with E-state index in [4.69, 9.17) is 4.74 Å². The van der Waals surface area contributed by atoms with Crippen LogP contribution in [-0.4, -0.2) is 62.3 Å². The summed E-state index contributed by atoms with van der Waals surface area (Å²) in [5.74, 6) is -0.149. The van der Waals surface area contributed by atoms with Crippen LogP contribution < -0.4 is 0 Å². The lowest BCUT2D eigenvalue weighted by atomic mass is 10.1. The van der Waals surface area contributed by atoms with E-state index >= 15 is 0 Å². The molecule has 2 heterocycles. The summed E-state index contributed by atoms with van der Waals surface area (Å²) in [5, 5.41) is 0. The van der Waals surface area contributed by atoms with Gasteiger partial charge in [0.15, 0.2) is 0 Å². The Balaban J connectivity index is 1.57. The summed E-state index contributed by atoms with van der Waals surface area (Å²) in [6, 6.07) is 6.68. The van der Waals surface area contributed by atoms with Gasteiger partial charge in [0, 0.05) is 38.8 Å². The van der Waals surface area contributed by atoms with Gasteiger partial charge in [0.1, 0.15) is 5.82 Å². The molecule has 7 heteroatoms. The molecule has 24 heavy (non-hydrogen) atoms. The van der Waals surface area contributed by atoms with Crippen molar-refractivity contribution in [3.63, 3.8) is 0 Å². The molecular weight excluding hydrogens is 331 g/mol. The molecule has 0 aliphatic carbocycles. The number of benzene rings is 1. The van der Waals surface area contributed by atoms with Crippen molar-refractivity contribution in [1.29, 1.82) is 0 Å². The second-order valence-electron chi connectivity index (χ2n) is 6.58. The maximum atomic E-state index is 13.4. The molecule has 0 radical (unpaired) electrons. The van der Waals surface area contributed by atoms with Crippen LogP contribution in [0.15, 0.2) is 24.3 Å². The second-order valence-corrected chi connectivity index (χ2v) is 8.59. The molecule has 2 atom stereocenters. The highest BCUT2D eigenvalue weighted by atomic mass is 32.2. The van der Waals surface area contributed by atoms with E-state index < -0.39 is 10.0 Å². The minimum Gasteiger partial charge on any atom is -0.377 e. The van der Waals surface area contributed by atoms with Gasteiger partial charge in [-0.25, -0.2) is 12.8 Å². The largest absolute Gasteiger partial charge is 0.377 e. The quantitative estimate of drug-likeness (QED) is 0.810. The summed E-state index contributed by atoms with van der Waals surface area (Å²) in [4.78, 5) is 2.20. The number of hydrogen-bond acceptors (Lipinski definition) is 4. The molecule has 3 rings (SSSR count). The highest BCUT2D eigenvalue weighted by molar-refractivity contribution is 7.89. The number of hydrogen-bond donors (Lipinski definition) is 0. The van der Waals surface area contributed by atoms with Crippen molar-refractivity contribution in [3.05, 3.63) is 35.6 Å². The predicted octanol–water partition coefficient (Wildman–Crippen LogP) is 2.01. The first-order chi connectivity index (χ1) is 11.5. The van der Waals surface area contributed by atoms with Gasteiger partial charge in [0.05, 0.1) is 11.9 Å². The fourth-order valence-electron chi connectivity index (χ4n) is 3.46. The molecule has 1 aromatic carbocycles. The van der Waals surface area contributed by atoms with Gasteiger partial charge in [-0.05, 0) is 37.5 Å². The van der Waals surface area contributed by atoms with Crippen LogP contribution in [0.4, 0.5) is 4.39 Å². The highest BCUT2D eigenvalue weighted by Crippen LogP contribution is 2.24. The van der Waals surface area contributed by atoms with E-state index in [0.717, 1.165) is 18.4 Å². The Morgan fingerprint density at radius 1 is 1.29 bits per heavy atom. The third-order valence-corrected chi connectivity index (χ3v) is 6.91. The molecular formula is C17H25FN2O3S. The van der Waals surface area contributed by atoms with Gasteiger partial charge in [-0.15, -0.1) is 0 Å². The molecule has 134 valence electrons. The Morgan fingerprint density at radius 3 is 2.67 bits per heavy atom. The Morgan fingerprint density at radius 2 is 2.04 bits per heavy atom. The molecule has 0 saturated carbocycles. The normalized spacial score (nSPS) is 25.0. The second kappa shape index (κ2) is 7.47. The van der Waals surface area contributed by atoms with Crippen molar-refractivity contribution in [2.45, 2.75) is 31.9 Å². The molecule has 0 aromatic heterocycles. The van der Waals surface area contributed by atoms with Gasteiger partial charge in [-0.3, -0.25) is 4.90 Å². The maximum absolute atomic E-state index is 13.4. The van der Waals surface area contributed by atoms with Crippen LogP contribution in [0.5, 0.6) is 0 Å². The van der Waals surface area contributed by atoms with Crippen molar-refractivity contribution < 1.29 is 17.5 Å². The molecule has 2 aliphatic rings. The first-order valence-electron chi connectivity index (χ1n) is 8.54. The lowest BCUT2D eigenvalue weighted by molar-refractivity contribution is 0.122. The number of rotatable bonds is 5. The third kappa shape index (κ3) is 4.14. The lowest BCUT2D eigenvalue weighted by Gasteiger charge is -2.37. The van der Waals surface area contributed by atoms with E-state index in [9.17, 15) is 12.8 Å². The van der Waals surface area contributed by atoms with Gasteiger partial charge >= 0.3 is 0 Å². The molecule has 0 spiro atoms. The number of sulfonamides is 1. The van der Waals surface area contributed by atoms with Crippen molar-refractivity contribution >= 4 is 10.0 Å². The summed E-state index contributed by atoms with van der Waals surface area (Å²) in [6.07, 6.45) is 1.62. The molecule has 0 amide bonds. The van der Waals surface area contributed by atoms with E-state index in [2.05, 4.69) is 4.90 Å². The predicted molar refractivity (Wildman–Crippen MR) is 90.7 cm³/mol. The maximum Gasteiger partial charge on any atom is 0.216 e. The summed E-state index contributed by atoms with van der Waals surface area (Å²) in [5.41, 5.74) is 0.922. The fourth-order valence-corrected chi connectivity index (χ4v) is 5.13. The van der Waals surface area contributed by atoms with E-state index in [0.29, 0.717) is 32.8 Å². The van der Waals surface area contributed by atoms with E-state index in [1.165, 1.54) is 6.07 Å². The van der Waals surface area contributed by atoms with Gasteiger partial charge in [-0.1, -0.05) is 12.1 Å². The third-order valence-electron chi connectivity index (χ3n) is 4.97. The zero-order valence-electron chi connectivity index (χ0n) is 14.0. The molecule has 5 nitrogen and oxygen atoms in total. The summed E-state index contributed by atoms with van der Waals surface area (Å²) >= 11 is 0. The number of nitrogens with zero attached hydrogens (tertiary/aromatic N) is 2. The molecule has 0 bridgehead atoms. The fraction of sp³-hybridized carbons (Fsp3) is 0.647. The zero-order chi connectivity index (χ0) is 17.2. The van der Waals surface area contributed by atoms with Crippen molar-refractivity contribution in [2.75, 3.05) is 38.5 Å². The minimum atomic E-state index is -3.27. The number of ether oxygens (including phenoxy) is 1. The summed E-state index contributed by atoms with van der Waals surface area (Å²) < 4.78 is 45.4. The molecule has 2 fully saturated rings. The van der Waals surface area contributed by atoms with Crippen LogP contribution in [0.1, 0.15) is 31.4 Å². The van der Waals surface area contributed by atoms with Crippen LogP contribution >= 0.6 is 0 Å². The Bertz CT molecular complexity index is 654. The SMILES string of the molecule is C[C@@H](c1cccc(F)c1)N1CCN(S(=O)(=O)C[C@@H]2CCCO2)CC1. The molecule has 1 aromatic rings. The minimum absolute atomic E-state index is 0.0729. The van der Waals surface area contributed by atoms with Gasteiger partial charge in [0.2, 0.25) is 10.0 Å². The van der Waals surface area contributed by atoms with Crippen molar-refractivity contribution in [2.24, 2.45) is 0 Å². The van der Waals surface area contributed by atoms with Crippen molar-refractivity contribution in [1.82, 2.24) is 9.21 Å². The summed E-state index contributed by atoms with van der Waals surface area (Å²) in [6.45, 7) is 4.97. The monoisotopic (exact) mass is 356 g/mol. The average Bonchev–Trinajstić information content (AvgIpc) is 3.06. The van der Waals surface area contributed by atoms with E-state index in [-0.39, 0.29) is 23.7 Å². The van der Waals surface area contributed by atoms with Crippen LogP contribution in [0, 0.1) is 5.82 Å². The molecule has 0 N–H and O–H groups in total. The first-order valence-corrected chi connectivity index (χ1v) is 10.2.